The van der Waals surface area contributed by atoms with Crippen LogP contribution in [-0.4, -0.2) is 47.7 Å². The highest BCUT2D eigenvalue weighted by Gasteiger charge is 2.28. The Morgan fingerprint density at radius 2 is 2.38 bits per heavy atom. The summed E-state index contributed by atoms with van der Waals surface area (Å²) < 4.78 is 4.77. The lowest BCUT2D eigenvalue weighted by atomic mass is 9.98. The van der Waals surface area contributed by atoms with Gasteiger partial charge in [-0.3, -0.25) is 9.59 Å². The Balaban J connectivity index is 1.76. The molecular formula is C14H20N2O3S2. The van der Waals surface area contributed by atoms with Gasteiger partial charge in [0.15, 0.2) is 0 Å². The first-order valence-corrected chi connectivity index (χ1v) is 8.98. The summed E-state index contributed by atoms with van der Waals surface area (Å²) in [5.41, 5.74) is 1.03. The standard InChI is InChI=1S/C14H20N2O3S2/c1-10-15-12(8-21-10)7-20-9-13(17)16-5-3-4-11(6-16)14(18)19-2/h8,11H,3-7,9H2,1-2H3/t11-/m0/s1. The number of hydrogen-bond acceptors (Lipinski definition) is 6. The molecule has 0 spiro atoms. The number of thioether (sulfide) groups is 1. The molecule has 0 N–H and O–H groups in total. The van der Waals surface area contributed by atoms with Crippen molar-refractivity contribution in [3.05, 3.63) is 16.1 Å². The van der Waals surface area contributed by atoms with E-state index in [0.29, 0.717) is 12.3 Å². The number of thiazole rings is 1. The monoisotopic (exact) mass is 328 g/mol. The first-order chi connectivity index (χ1) is 10.1. The molecule has 1 atom stereocenters. The minimum Gasteiger partial charge on any atom is -0.469 e. The molecule has 1 aromatic heterocycles. The lowest BCUT2D eigenvalue weighted by molar-refractivity contribution is -0.148. The second-order valence-corrected chi connectivity index (χ2v) is 7.10. The summed E-state index contributed by atoms with van der Waals surface area (Å²) in [6, 6.07) is 0. The van der Waals surface area contributed by atoms with E-state index < -0.39 is 0 Å². The van der Waals surface area contributed by atoms with Gasteiger partial charge in [-0.05, 0) is 19.8 Å². The number of piperidine rings is 1. The van der Waals surface area contributed by atoms with Gasteiger partial charge in [-0.2, -0.15) is 0 Å². The van der Waals surface area contributed by atoms with Gasteiger partial charge in [0.05, 0.1) is 29.5 Å². The molecular weight excluding hydrogens is 308 g/mol. The zero-order valence-corrected chi connectivity index (χ0v) is 14.0. The van der Waals surface area contributed by atoms with Gasteiger partial charge in [0.25, 0.3) is 0 Å². The van der Waals surface area contributed by atoms with Gasteiger partial charge in [-0.15, -0.1) is 23.1 Å². The lowest BCUT2D eigenvalue weighted by Crippen LogP contribution is -2.43. The minimum atomic E-state index is -0.210. The first-order valence-electron chi connectivity index (χ1n) is 6.94. The molecule has 5 nitrogen and oxygen atoms in total. The molecule has 0 aromatic carbocycles. The second-order valence-electron chi connectivity index (χ2n) is 5.05. The fourth-order valence-electron chi connectivity index (χ4n) is 2.37. The van der Waals surface area contributed by atoms with Crippen molar-refractivity contribution < 1.29 is 14.3 Å². The van der Waals surface area contributed by atoms with Crippen LogP contribution in [0.4, 0.5) is 0 Å². The quantitative estimate of drug-likeness (QED) is 0.775. The van der Waals surface area contributed by atoms with Crippen molar-refractivity contribution in [3.63, 3.8) is 0 Å². The van der Waals surface area contributed by atoms with Crippen LogP contribution in [0.25, 0.3) is 0 Å². The highest BCUT2D eigenvalue weighted by Crippen LogP contribution is 2.20. The summed E-state index contributed by atoms with van der Waals surface area (Å²) >= 11 is 3.20. The maximum Gasteiger partial charge on any atom is 0.310 e. The van der Waals surface area contributed by atoms with E-state index in [-0.39, 0.29) is 17.8 Å². The average Bonchev–Trinajstić information content (AvgIpc) is 2.92. The van der Waals surface area contributed by atoms with Gasteiger partial charge in [-0.25, -0.2) is 4.98 Å². The van der Waals surface area contributed by atoms with Crippen molar-refractivity contribution in [2.24, 2.45) is 5.92 Å². The fourth-order valence-corrected chi connectivity index (χ4v) is 3.91. The van der Waals surface area contributed by atoms with E-state index in [2.05, 4.69) is 4.98 Å². The van der Waals surface area contributed by atoms with Gasteiger partial charge in [-0.1, -0.05) is 0 Å². The molecule has 1 aliphatic heterocycles. The predicted octanol–water partition coefficient (Wildman–Crippen LogP) is 2.10. The van der Waals surface area contributed by atoms with Crippen LogP contribution in [0.2, 0.25) is 0 Å². The molecule has 21 heavy (non-hydrogen) atoms. The van der Waals surface area contributed by atoms with E-state index in [4.69, 9.17) is 4.74 Å². The molecule has 2 heterocycles. The van der Waals surface area contributed by atoms with Crippen LogP contribution in [0.3, 0.4) is 0 Å². The van der Waals surface area contributed by atoms with Gasteiger partial charge in [0.1, 0.15) is 0 Å². The van der Waals surface area contributed by atoms with E-state index in [1.165, 1.54) is 7.11 Å². The fraction of sp³-hybridized carbons (Fsp3) is 0.643. The first kappa shape index (κ1) is 16.3. The number of aryl methyl sites for hydroxylation is 1. The maximum absolute atomic E-state index is 12.2. The Morgan fingerprint density at radius 3 is 3.05 bits per heavy atom. The third kappa shape index (κ3) is 4.71. The molecule has 2 rings (SSSR count). The molecule has 0 bridgehead atoms. The highest BCUT2D eigenvalue weighted by molar-refractivity contribution is 7.99. The number of esters is 1. The van der Waals surface area contributed by atoms with Crippen molar-refractivity contribution in [2.75, 3.05) is 26.0 Å². The summed E-state index contributed by atoms with van der Waals surface area (Å²) in [4.78, 5) is 29.9. The lowest BCUT2D eigenvalue weighted by Gasteiger charge is -2.31. The zero-order valence-electron chi connectivity index (χ0n) is 12.3. The second kappa shape index (κ2) is 7.79. The smallest absolute Gasteiger partial charge is 0.310 e. The Bertz CT molecular complexity index is 504. The van der Waals surface area contributed by atoms with Gasteiger partial charge >= 0.3 is 5.97 Å². The van der Waals surface area contributed by atoms with Crippen molar-refractivity contribution in [1.29, 1.82) is 0 Å². The maximum atomic E-state index is 12.2. The molecule has 7 heteroatoms. The number of methoxy groups -OCH3 is 1. The van der Waals surface area contributed by atoms with E-state index in [1.807, 2.05) is 12.3 Å². The topological polar surface area (TPSA) is 59.5 Å². The minimum absolute atomic E-state index is 0.0977. The Morgan fingerprint density at radius 1 is 1.57 bits per heavy atom. The summed E-state index contributed by atoms with van der Waals surface area (Å²) in [5.74, 6) is 0.909. The number of aromatic nitrogens is 1. The van der Waals surface area contributed by atoms with E-state index >= 15 is 0 Å². The summed E-state index contributed by atoms with van der Waals surface area (Å²) in [7, 11) is 1.40. The van der Waals surface area contributed by atoms with Crippen LogP contribution in [0.1, 0.15) is 23.5 Å². The number of rotatable bonds is 5. The Hall–Kier alpha value is -1.08. The van der Waals surface area contributed by atoms with Gasteiger partial charge in [0, 0.05) is 24.2 Å². The Labute approximate surface area is 133 Å². The normalized spacial score (nSPS) is 18.6. The van der Waals surface area contributed by atoms with E-state index in [9.17, 15) is 9.59 Å². The van der Waals surface area contributed by atoms with Crippen molar-refractivity contribution in [1.82, 2.24) is 9.88 Å². The van der Waals surface area contributed by atoms with Crippen molar-refractivity contribution in [2.45, 2.75) is 25.5 Å². The third-order valence-corrected chi connectivity index (χ3v) is 5.22. The van der Waals surface area contributed by atoms with Gasteiger partial charge in [0.2, 0.25) is 5.91 Å². The number of ether oxygens (including phenoxy) is 1. The summed E-state index contributed by atoms with van der Waals surface area (Å²) in [5, 5.41) is 3.08. The van der Waals surface area contributed by atoms with Crippen molar-refractivity contribution in [3.8, 4) is 0 Å². The number of likely N-dealkylation sites (tertiary alicyclic amines) is 1. The highest BCUT2D eigenvalue weighted by atomic mass is 32.2. The molecule has 116 valence electrons. The predicted molar refractivity (Wildman–Crippen MR) is 84.3 cm³/mol. The van der Waals surface area contributed by atoms with E-state index in [1.54, 1.807) is 28.0 Å². The molecule has 1 saturated heterocycles. The SMILES string of the molecule is COC(=O)[C@H]1CCCN(C(=O)CSCc2csc(C)n2)C1. The molecule has 0 radical (unpaired) electrons. The molecule has 1 aliphatic rings. The molecule has 1 fully saturated rings. The summed E-state index contributed by atoms with van der Waals surface area (Å²) in [6.45, 7) is 3.20. The Kier molecular flexibility index (Phi) is 6.05. The molecule has 1 amide bonds. The van der Waals surface area contributed by atoms with E-state index in [0.717, 1.165) is 35.8 Å². The number of carbonyl (C=O) groups is 2. The molecule has 1 aromatic rings. The van der Waals surface area contributed by atoms with Crippen LogP contribution >= 0.6 is 23.1 Å². The summed E-state index contributed by atoms with van der Waals surface area (Å²) in [6.07, 6.45) is 1.67. The third-order valence-electron chi connectivity index (χ3n) is 3.45. The van der Waals surface area contributed by atoms with Crippen LogP contribution < -0.4 is 0 Å². The number of nitrogens with zero attached hydrogens (tertiary/aromatic N) is 2. The molecule has 0 aliphatic carbocycles. The molecule has 0 unspecified atom stereocenters. The number of amides is 1. The largest absolute Gasteiger partial charge is 0.469 e. The molecule has 0 saturated carbocycles. The zero-order chi connectivity index (χ0) is 15.2. The van der Waals surface area contributed by atoms with Crippen LogP contribution in [-0.2, 0) is 20.1 Å². The van der Waals surface area contributed by atoms with Crippen LogP contribution in [0, 0.1) is 12.8 Å². The number of hydrogen-bond donors (Lipinski definition) is 0. The van der Waals surface area contributed by atoms with Crippen LogP contribution in [0.5, 0.6) is 0 Å². The van der Waals surface area contributed by atoms with Crippen molar-refractivity contribution >= 4 is 35.0 Å². The van der Waals surface area contributed by atoms with Crippen LogP contribution in [0.15, 0.2) is 5.38 Å². The van der Waals surface area contributed by atoms with Gasteiger partial charge < -0.3 is 9.64 Å². The number of carbonyl (C=O) groups excluding carboxylic acids is 2. The average molecular weight is 328 g/mol.